The molecule has 0 aliphatic heterocycles. The van der Waals surface area contributed by atoms with Crippen LogP contribution in [-0.4, -0.2) is 13.1 Å². The minimum atomic E-state index is 0.490. The first kappa shape index (κ1) is 12.8. The molecule has 0 radical (unpaired) electrons. The van der Waals surface area contributed by atoms with Crippen molar-refractivity contribution in [3.05, 3.63) is 40.9 Å². The van der Waals surface area contributed by atoms with Crippen molar-refractivity contribution in [3.8, 4) is 0 Å². The highest BCUT2D eigenvalue weighted by Crippen LogP contribution is 2.11. The summed E-state index contributed by atoms with van der Waals surface area (Å²) >= 11 is 5.78. The third-order valence-corrected chi connectivity index (χ3v) is 2.38. The van der Waals surface area contributed by atoms with Crippen molar-refractivity contribution >= 4 is 24.1 Å². The van der Waals surface area contributed by atoms with Crippen LogP contribution < -0.4 is 0 Å². The van der Waals surface area contributed by atoms with E-state index in [1.165, 1.54) is 0 Å². The Balaban J connectivity index is 2.17. The Bertz CT molecular complexity index is 330. The number of carbonyl (C=O) groups is 1. The van der Waals surface area contributed by atoms with Crippen LogP contribution in [0.25, 0.3) is 6.08 Å². The fraction of sp³-hybridized carbons (Fsp3) is 0.308. The minimum Gasteiger partial charge on any atom is -0.468 e. The molecule has 1 aromatic rings. The van der Waals surface area contributed by atoms with Gasteiger partial charge in [-0.3, -0.25) is 4.79 Å². The Morgan fingerprint density at radius 3 is 2.62 bits per heavy atom. The molecule has 0 saturated heterocycles. The number of rotatable bonds is 7. The third-order valence-electron chi connectivity index (χ3n) is 2.13. The monoisotopic (exact) mass is 238 g/mol. The lowest BCUT2D eigenvalue weighted by molar-refractivity contribution is -0.128. The largest absolute Gasteiger partial charge is 0.468 e. The number of hydrogen-bond donors (Lipinski definition) is 0. The van der Waals surface area contributed by atoms with E-state index in [0.717, 1.165) is 29.8 Å². The predicted octanol–water partition coefficient (Wildman–Crippen LogP) is 3.70. The van der Waals surface area contributed by atoms with Gasteiger partial charge in [-0.15, -0.1) is 0 Å². The van der Waals surface area contributed by atoms with Crippen molar-refractivity contribution < 1.29 is 9.53 Å². The number of hydrogen-bond acceptors (Lipinski definition) is 2. The van der Waals surface area contributed by atoms with E-state index in [1.54, 1.807) is 0 Å². The van der Waals surface area contributed by atoms with E-state index in [0.29, 0.717) is 13.1 Å². The maximum Gasteiger partial charge on any atom is 0.293 e. The summed E-state index contributed by atoms with van der Waals surface area (Å²) in [6.45, 7) is 1.00. The Kier molecular flexibility index (Phi) is 6.35. The molecule has 0 heterocycles. The summed E-state index contributed by atoms with van der Waals surface area (Å²) in [5.41, 5.74) is 1.15. The molecule has 0 fully saturated rings. The number of ether oxygens (including phenoxy) is 1. The second-order valence-electron chi connectivity index (χ2n) is 3.42. The summed E-state index contributed by atoms with van der Waals surface area (Å²) in [5.74, 6) is 0. The summed E-state index contributed by atoms with van der Waals surface area (Å²) in [5, 5.41) is 0.753. The molecule has 0 aromatic heterocycles. The summed E-state index contributed by atoms with van der Waals surface area (Å²) in [6, 6.07) is 7.71. The van der Waals surface area contributed by atoms with Crippen molar-refractivity contribution in [1.82, 2.24) is 0 Å². The van der Waals surface area contributed by atoms with Gasteiger partial charge in [0.25, 0.3) is 6.47 Å². The molecule has 0 bridgehead atoms. The van der Waals surface area contributed by atoms with Gasteiger partial charge >= 0.3 is 0 Å². The van der Waals surface area contributed by atoms with E-state index in [4.69, 9.17) is 11.6 Å². The van der Waals surface area contributed by atoms with Gasteiger partial charge in [-0.2, -0.15) is 0 Å². The molecule has 0 aliphatic carbocycles. The van der Waals surface area contributed by atoms with Crippen molar-refractivity contribution in [2.75, 3.05) is 6.61 Å². The molecule has 86 valence electrons. The number of unbranched alkanes of at least 4 members (excludes halogenated alkanes) is 2. The summed E-state index contributed by atoms with van der Waals surface area (Å²) in [6.07, 6.45) is 7.10. The molecule has 0 N–H and O–H groups in total. The zero-order chi connectivity index (χ0) is 11.6. The topological polar surface area (TPSA) is 26.3 Å². The molecule has 0 aliphatic rings. The molecule has 0 amide bonds. The van der Waals surface area contributed by atoms with Crippen LogP contribution >= 0.6 is 11.6 Å². The van der Waals surface area contributed by atoms with Gasteiger partial charge in [-0.25, -0.2) is 0 Å². The average Bonchev–Trinajstić information content (AvgIpc) is 2.30. The number of halogens is 1. The quantitative estimate of drug-likeness (QED) is 0.535. The molecule has 0 saturated carbocycles. The highest BCUT2D eigenvalue weighted by atomic mass is 35.5. The highest BCUT2D eigenvalue weighted by molar-refractivity contribution is 6.30. The van der Waals surface area contributed by atoms with Crippen molar-refractivity contribution in [2.24, 2.45) is 0 Å². The Morgan fingerprint density at radius 1 is 1.19 bits per heavy atom. The van der Waals surface area contributed by atoms with E-state index < -0.39 is 0 Å². The normalized spacial score (nSPS) is 10.6. The Hall–Kier alpha value is -1.28. The Morgan fingerprint density at radius 2 is 1.94 bits per heavy atom. The molecule has 0 unspecified atom stereocenters. The lowest BCUT2D eigenvalue weighted by Crippen LogP contribution is -1.90. The van der Waals surface area contributed by atoms with E-state index in [9.17, 15) is 4.79 Å². The van der Waals surface area contributed by atoms with Gasteiger partial charge in [0.1, 0.15) is 0 Å². The van der Waals surface area contributed by atoms with E-state index in [-0.39, 0.29) is 0 Å². The lowest BCUT2D eigenvalue weighted by atomic mass is 10.1. The molecular formula is C13H15ClO2. The van der Waals surface area contributed by atoms with Crippen LogP contribution in [0, 0.1) is 0 Å². The van der Waals surface area contributed by atoms with E-state index >= 15 is 0 Å². The summed E-state index contributed by atoms with van der Waals surface area (Å²) in [4.78, 5) is 9.86. The smallest absolute Gasteiger partial charge is 0.293 e. The maximum atomic E-state index is 9.86. The first-order valence-electron chi connectivity index (χ1n) is 5.30. The molecule has 3 heteroatoms. The van der Waals surface area contributed by atoms with Gasteiger partial charge in [0.05, 0.1) is 6.61 Å². The van der Waals surface area contributed by atoms with Gasteiger partial charge in [0.2, 0.25) is 0 Å². The van der Waals surface area contributed by atoms with Crippen LogP contribution in [0.15, 0.2) is 30.3 Å². The zero-order valence-corrected chi connectivity index (χ0v) is 9.82. The molecule has 1 rings (SSSR count). The molecule has 0 spiro atoms. The Labute approximate surface area is 101 Å². The highest BCUT2D eigenvalue weighted by Gasteiger charge is 1.88. The number of allylic oxidation sites excluding steroid dienone is 1. The van der Waals surface area contributed by atoms with Crippen LogP contribution in [0.5, 0.6) is 0 Å². The predicted molar refractivity (Wildman–Crippen MR) is 66.4 cm³/mol. The fourth-order valence-electron chi connectivity index (χ4n) is 1.29. The van der Waals surface area contributed by atoms with Crippen LogP contribution in [-0.2, 0) is 9.53 Å². The molecular weight excluding hydrogens is 224 g/mol. The van der Waals surface area contributed by atoms with Crippen molar-refractivity contribution in [3.63, 3.8) is 0 Å². The van der Waals surface area contributed by atoms with Crippen LogP contribution in [0.3, 0.4) is 0 Å². The SMILES string of the molecule is O=COCCCC/C=C/c1ccc(Cl)cc1. The minimum absolute atomic E-state index is 0.490. The van der Waals surface area contributed by atoms with Crippen LogP contribution in [0.2, 0.25) is 5.02 Å². The third kappa shape index (κ3) is 5.56. The van der Waals surface area contributed by atoms with E-state index in [1.807, 2.05) is 24.3 Å². The van der Waals surface area contributed by atoms with Gasteiger partial charge in [-0.05, 0) is 37.0 Å². The zero-order valence-electron chi connectivity index (χ0n) is 9.06. The first-order chi connectivity index (χ1) is 7.83. The van der Waals surface area contributed by atoms with Gasteiger partial charge in [0, 0.05) is 5.02 Å². The second kappa shape index (κ2) is 7.94. The lowest BCUT2D eigenvalue weighted by Gasteiger charge is -1.96. The standard InChI is InChI=1S/C13H15ClO2/c14-13-8-6-12(7-9-13)5-3-1-2-4-10-16-11-15/h3,5-9,11H,1-2,4,10H2/b5-3+. The number of carbonyl (C=O) groups excluding carboxylic acids is 1. The van der Waals surface area contributed by atoms with Gasteiger partial charge in [0.15, 0.2) is 0 Å². The first-order valence-corrected chi connectivity index (χ1v) is 5.68. The molecule has 16 heavy (non-hydrogen) atoms. The van der Waals surface area contributed by atoms with Crippen molar-refractivity contribution in [2.45, 2.75) is 19.3 Å². The molecule has 1 aromatic carbocycles. The van der Waals surface area contributed by atoms with Crippen LogP contribution in [0.4, 0.5) is 0 Å². The summed E-state index contributed by atoms with van der Waals surface area (Å²) < 4.78 is 4.59. The van der Waals surface area contributed by atoms with Crippen LogP contribution in [0.1, 0.15) is 24.8 Å². The maximum absolute atomic E-state index is 9.86. The fourth-order valence-corrected chi connectivity index (χ4v) is 1.41. The van der Waals surface area contributed by atoms with E-state index in [2.05, 4.69) is 16.9 Å². The average molecular weight is 239 g/mol. The number of benzene rings is 1. The second-order valence-corrected chi connectivity index (χ2v) is 3.85. The van der Waals surface area contributed by atoms with Gasteiger partial charge in [-0.1, -0.05) is 35.9 Å². The van der Waals surface area contributed by atoms with Crippen molar-refractivity contribution in [1.29, 1.82) is 0 Å². The molecule has 2 nitrogen and oxygen atoms in total. The van der Waals surface area contributed by atoms with Gasteiger partial charge < -0.3 is 4.74 Å². The summed E-state index contributed by atoms with van der Waals surface area (Å²) in [7, 11) is 0. The molecule has 0 atom stereocenters.